The second-order valence-electron chi connectivity index (χ2n) is 4.54. The average Bonchev–Trinajstić information content (AvgIpc) is 2.50. The van der Waals surface area contributed by atoms with Gasteiger partial charge in [0.05, 0.1) is 36.4 Å². The Morgan fingerprint density at radius 2 is 1.82 bits per heavy atom. The predicted molar refractivity (Wildman–Crippen MR) is 88.3 cm³/mol. The van der Waals surface area contributed by atoms with Gasteiger partial charge in [-0.15, -0.1) is 0 Å². The Balaban J connectivity index is 2.12. The monoisotopic (exact) mass is 339 g/mol. The van der Waals surface area contributed by atoms with E-state index in [0.717, 1.165) is 5.56 Å². The molecule has 6 heteroatoms. The van der Waals surface area contributed by atoms with Gasteiger partial charge in [-0.05, 0) is 29.8 Å². The van der Waals surface area contributed by atoms with Gasteiger partial charge >= 0.3 is 0 Å². The van der Waals surface area contributed by atoms with Gasteiger partial charge in [-0.1, -0.05) is 29.3 Å². The van der Waals surface area contributed by atoms with Crippen LogP contribution in [0.15, 0.2) is 36.4 Å². The van der Waals surface area contributed by atoms with Crippen LogP contribution in [0, 0.1) is 0 Å². The maximum Gasteiger partial charge on any atom is 0.228 e. The van der Waals surface area contributed by atoms with Crippen molar-refractivity contribution in [2.75, 3.05) is 19.5 Å². The number of ether oxygens (including phenoxy) is 2. The van der Waals surface area contributed by atoms with Gasteiger partial charge in [0.25, 0.3) is 0 Å². The average molecular weight is 340 g/mol. The van der Waals surface area contributed by atoms with Crippen molar-refractivity contribution >= 4 is 34.8 Å². The molecule has 0 saturated heterocycles. The van der Waals surface area contributed by atoms with Crippen LogP contribution in [0.4, 0.5) is 5.69 Å². The van der Waals surface area contributed by atoms with Crippen LogP contribution in [-0.2, 0) is 11.2 Å². The predicted octanol–water partition coefficient (Wildman–Crippen LogP) is 4.19. The molecule has 0 bridgehead atoms. The largest absolute Gasteiger partial charge is 0.497 e. The zero-order chi connectivity index (χ0) is 16.1. The molecule has 1 amide bonds. The molecule has 0 aromatic heterocycles. The first-order valence-electron chi connectivity index (χ1n) is 6.49. The molecule has 2 rings (SSSR count). The Morgan fingerprint density at radius 3 is 2.45 bits per heavy atom. The SMILES string of the molecule is COc1ccc(OC)c(NC(=O)Cc2ccc(Cl)c(Cl)c2)c1. The van der Waals surface area contributed by atoms with E-state index in [9.17, 15) is 4.79 Å². The minimum absolute atomic E-state index is 0.178. The molecule has 0 aliphatic heterocycles. The first-order chi connectivity index (χ1) is 10.5. The fourth-order valence-electron chi connectivity index (χ4n) is 1.94. The lowest BCUT2D eigenvalue weighted by Crippen LogP contribution is -2.15. The second kappa shape index (κ2) is 7.38. The minimum Gasteiger partial charge on any atom is -0.497 e. The number of carbonyl (C=O) groups is 1. The number of anilines is 1. The number of nitrogens with one attached hydrogen (secondary N) is 1. The number of rotatable bonds is 5. The molecule has 1 N–H and O–H groups in total. The molecular formula is C16H15Cl2NO3. The number of methoxy groups -OCH3 is 2. The highest BCUT2D eigenvalue weighted by Gasteiger charge is 2.10. The summed E-state index contributed by atoms with van der Waals surface area (Å²) in [5.41, 5.74) is 1.32. The molecule has 2 aromatic carbocycles. The van der Waals surface area contributed by atoms with Gasteiger partial charge in [0, 0.05) is 6.07 Å². The molecule has 0 heterocycles. The molecule has 0 fully saturated rings. The number of benzene rings is 2. The lowest BCUT2D eigenvalue weighted by atomic mass is 10.1. The van der Waals surface area contributed by atoms with Gasteiger partial charge < -0.3 is 14.8 Å². The summed E-state index contributed by atoms with van der Waals surface area (Å²) in [6.07, 6.45) is 0.178. The van der Waals surface area contributed by atoms with E-state index in [1.54, 1.807) is 43.5 Å². The number of hydrogen-bond acceptors (Lipinski definition) is 3. The number of carbonyl (C=O) groups excluding carboxylic acids is 1. The summed E-state index contributed by atoms with van der Waals surface area (Å²) in [5, 5.41) is 3.68. The summed E-state index contributed by atoms with van der Waals surface area (Å²) in [6.45, 7) is 0. The van der Waals surface area contributed by atoms with Crippen LogP contribution in [0.5, 0.6) is 11.5 Å². The van der Waals surface area contributed by atoms with Crippen LogP contribution in [0.1, 0.15) is 5.56 Å². The van der Waals surface area contributed by atoms with Gasteiger partial charge in [-0.2, -0.15) is 0 Å². The van der Waals surface area contributed by atoms with Gasteiger partial charge in [0.1, 0.15) is 11.5 Å². The van der Waals surface area contributed by atoms with Gasteiger partial charge in [0.15, 0.2) is 0 Å². The lowest BCUT2D eigenvalue weighted by Gasteiger charge is -2.12. The maximum atomic E-state index is 12.2. The Morgan fingerprint density at radius 1 is 1.05 bits per heavy atom. The second-order valence-corrected chi connectivity index (χ2v) is 5.35. The van der Waals surface area contributed by atoms with Crippen molar-refractivity contribution in [2.24, 2.45) is 0 Å². The quantitative estimate of drug-likeness (QED) is 0.888. The Kier molecular flexibility index (Phi) is 5.52. The highest BCUT2D eigenvalue weighted by molar-refractivity contribution is 6.42. The van der Waals surface area contributed by atoms with E-state index in [4.69, 9.17) is 32.7 Å². The van der Waals surface area contributed by atoms with E-state index in [0.29, 0.717) is 27.2 Å². The van der Waals surface area contributed by atoms with Crippen LogP contribution in [0.2, 0.25) is 10.0 Å². The summed E-state index contributed by atoms with van der Waals surface area (Å²) in [6, 6.07) is 10.3. The maximum absolute atomic E-state index is 12.2. The summed E-state index contributed by atoms with van der Waals surface area (Å²) in [4.78, 5) is 12.2. The van der Waals surface area contributed by atoms with E-state index in [1.165, 1.54) is 7.11 Å². The van der Waals surface area contributed by atoms with Crippen molar-refractivity contribution < 1.29 is 14.3 Å². The van der Waals surface area contributed by atoms with Crippen LogP contribution >= 0.6 is 23.2 Å². The van der Waals surface area contributed by atoms with Crippen molar-refractivity contribution in [3.05, 3.63) is 52.0 Å². The smallest absolute Gasteiger partial charge is 0.228 e. The molecular weight excluding hydrogens is 325 g/mol. The number of halogens is 2. The van der Waals surface area contributed by atoms with Crippen LogP contribution in [0.3, 0.4) is 0 Å². The molecule has 22 heavy (non-hydrogen) atoms. The van der Waals surface area contributed by atoms with E-state index in [2.05, 4.69) is 5.32 Å². The molecule has 2 aromatic rings. The van der Waals surface area contributed by atoms with Crippen molar-refractivity contribution in [2.45, 2.75) is 6.42 Å². The standard InChI is InChI=1S/C16H15Cl2NO3/c1-21-11-4-6-15(22-2)14(9-11)19-16(20)8-10-3-5-12(17)13(18)7-10/h3-7,9H,8H2,1-2H3,(H,19,20). The summed E-state index contributed by atoms with van der Waals surface area (Å²) >= 11 is 11.8. The highest BCUT2D eigenvalue weighted by atomic mass is 35.5. The topological polar surface area (TPSA) is 47.6 Å². The Hall–Kier alpha value is -1.91. The molecule has 4 nitrogen and oxygen atoms in total. The highest BCUT2D eigenvalue weighted by Crippen LogP contribution is 2.29. The molecule has 0 spiro atoms. The van der Waals surface area contributed by atoms with Gasteiger partial charge in [-0.25, -0.2) is 0 Å². The molecule has 0 saturated carbocycles. The first-order valence-corrected chi connectivity index (χ1v) is 7.25. The summed E-state index contributed by atoms with van der Waals surface area (Å²) in [7, 11) is 3.10. The summed E-state index contributed by atoms with van der Waals surface area (Å²) < 4.78 is 10.4. The zero-order valence-corrected chi connectivity index (χ0v) is 13.7. The van der Waals surface area contributed by atoms with Crippen molar-refractivity contribution in [3.8, 4) is 11.5 Å². The molecule has 0 aliphatic carbocycles. The zero-order valence-electron chi connectivity index (χ0n) is 12.2. The molecule has 0 atom stereocenters. The van der Waals surface area contributed by atoms with Crippen LogP contribution < -0.4 is 14.8 Å². The molecule has 116 valence electrons. The van der Waals surface area contributed by atoms with Gasteiger partial charge in [-0.3, -0.25) is 4.79 Å². The molecule has 0 aliphatic rings. The fraction of sp³-hybridized carbons (Fsp3) is 0.188. The van der Waals surface area contributed by atoms with E-state index < -0.39 is 0 Å². The van der Waals surface area contributed by atoms with Crippen LogP contribution in [0.25, 0.3) is 0 Å². The van der Waals surface area contributed by atoms with Gasteiger partial charge in [0.2, 0.25) is 5.91 Å². The minimum atomic E-state index is -0.190. The van der Waals surface area contributed by atoms with Crippen LogP contribution in [-0.4, -0.2) is 20.1 Å². The van der Waals surface area contributed by atoms with E-state index in [1.807, 2.05) is 0 Å². The van der Waals surface area contributed by atoms with E-state index >= 15 is 0 Å². The molecule has 0 radical (unpaired) electrons. The number of hydrogen-bond donors (Lipinski definition) is 1. The fourth-order valence-corrected chi connectivity index (χ4v) is 2.26. The first kappa shape index (κ1) is 16.5. The summed E-state index contributed by atoms with van der Waals surface area (Å²) in [5.74, 6) is 0.999. The van der Waals surface area contributed by atoms with Crippen molar-refractivity contribution in [1.29, 1.82) is 0 Å². The number of amides is 1. The van der Waals surface area contributed by atoms with Crippen molar-refractivity contribution in [3.63, 3.8) is 0 Å². The third-order valence-corrected chi connectivity index (χ3v) is 3.77. The Labute approximate surface area is 138 Å². The normalized spacial score (nSPS) is 10.2. The lowest BCUT2D eigenvalue weighted by molar-refractivity contribution is -0.115. The third kappa shape index (κ3) is 4.06. The van der Waals surface area contributed by atoms with E-state index in [-0.39, 0.29) is 12.3 Å². The third-order valence-electron chi connectivity index (χ3n) is 3.03. The van der Waals surface area contributed by atoms with Crippen molar-refractivity contribution in [1.82, 2.24) is 0 Å². The molecule has 0 unspecified atom stereocenters. The Bertz CT molecular complexity index is 689.